The lowest BCUT2D eigenvalue weighted by Crippen LogP contribution is -2.48. The summed E-state index contributed by atoms with van der Waals surface area (Å²) in [4.78, 5) is 51.7. The van der Waals surface area contributed by atoms with E-state index in [1.807, 2.05) is 97.3 Å². The number of nitrogens with zero attached hydrogens (tertiary/aromatic N) is 1. The van der Waals surface area contributed by atoms with Gasteiger partial charge in [-0.15, -0.1) is 0 Å². The van der Waals surface area contributed by atoms with Crippen molar-refractivity contribution in [3.8, 4) is 0 Å². The first-order chi connectivity index (χ1) is 18.9. The second kappa shape index (κ2) is 12.6. The molecule has 3 N–H and O–H groups in total. The summed E-state index contributed by atoms with van der Waals surface area (Å²) in [5.74, 6) is -1.68. The first-order valence-corrected chi connectivity index (χ1v) is 14.1. The first-order valence-electron chi connectivity index (χ1n) is 12.7. The van der Waals surface area contributed by atoms with Crippen LogP contribution in [0.4, 0.5) is 4.79 Å². The van der Waals surface area contributed by atoms with E-state index in [0.29, 0.717) is 5.75 Å². The van der Waals surface area contributed by atoms with Gasteiger partial charge in [0, 0.05) is 6.42 Å². The van der Waals surface area contributed by atoms with Crippen molar-refractivity contribution in [1.82, 2.24) is 15.5 Å². The summed E-state index contributed by atoms with van der Waals surface area (Å²) in [6.07, 6.45) is 1.96. The van der Waals surface area contributed by atoms with Crippen molar-refractivity contribution in [1.29, 1.82) is 0 Å². The highest BCUT2D eigenvalue weighted by molar-refractivity contribution is 7.98. The molecular formula is C30H31N3O5S. The lowest BCUT2D eigenvalue weighted by molar-refractivity contribution is -0.147. The van der Waals surface area contributed by atoms with Crippen molar-refractivity contribution in [2.75, 3.05) is 12.0 Å². The topological polar surface area (TPSA) is 116 Å². The number of thioether (sulfide) groups is 1. The van der Waals surface area contributed by atoms with Crippen LogP contribution in [-0.4, -0.2) is 57.9 Å². The van der Waals surface area contributed by atoms with Crippen molar-refractivity contribution in [3.63, 3.8) is 0 Å². The number of carbonyl (C=O) groups is 4. The Balaban J connectivity index is 1.58. The van der Waals surface area contributed by atoms with Gasteiger partial charge < -0.3 is 15.7 Å². The minimum absolute atomic E-state index is 0.0379. The van der Waals surface area contributed by atoms with Gasteiger partial charge >= 0.3 is 12.0 Å². The Labute approximate surface area is 231 Å². The van der Waals surface area contributed by atoms with Crippen LogP contribution < -0.4 is 10.6 Å². The van der Waals surface area contributed by atoms with Gasteiger partial charge in [0.05, 0.1) is 0 Å². The van der Waals surface area contributed by atoms with Gasteiger partial charge in [-0.3, -0.25) is 9.59 Å². The van der Waals surface area contributed by atoms with Gasteiger partial charge in [-0.2, -0.15) is 11.8 Å². The maximum absolute atomic E-state index is 13.5. The van der Waals surface area contributed by atoms with E-state index in [1.165, 1.54) is 11.8 Å². The number of carboxylic acid groups (broad SMARTS) is 1. The summed E-state index contributed by atoms with van der Waals surface area (Å²) in [6, 6.07) is 26.0. The highest BCUT2D eigenvalue weighted by Gasteiger charge is 2.45. The summed E-state index contributed by atoms with van der Waals surface area (Å²) < 4.78 is 0. The smallest absolute Gasteiger partial charge is 0.327 e. The van der Waals surface area contributed by atoms with Gasteiger partial charge in [-0.1, -0.05) is 91.0 Å². The van der Waals surface area contributed by atoms with Crippen LogP contribution in [0.5, 0.6) is 0 Å². The molecule has 0 saturated carbocycles. The molecule has 4 amide bonds. The zero-order chi connectivity index (χ0) is 27.8. The van der Waals surface area contributed by atoms with Crippen LogP contribution in [0.25, 0.3) is 0 Å². The van der Waals surface area contributed by atoms with Gasteiger partial charge in [0.15, 0.2) is 0 Å². The molecule has 0 aromatic heterocycles. The number of rotatable bonds is 12. The molecule has 1 aliphatic heterocycles. The number of amides is 4. The van der Waals surface area contributed by atoms with Gasteiger partial charge in [0.1, 0.15) is 17.6 Å². The van der Waals surface area contributed by atoms with Crippen LogP contribution in [-0.2, 0) is 19.9 Å². The van der Waals surface area contributed by atoms with Crippen molar-refractivity contribution < 1.29 is 24.3 Å². The van der Waals surface area contributed by atoms with Crippen LogP contribution >= 0.6 is 11.8 Å². The predicted molar refractivity (Wildman–Crippen MR) is 150 cm³/mol. The lowest BCUT2D eigenvalue weighted by atomic mass is 9.77. The van der Waals surface area contributed by atoms with Crippen molar-refractivity contribution >= 4 is 35.6 Å². The minimum atomic E-state index is -1.24. The van der Waals surface area contributed by atoms with Crippen LogP contribution in [0.2, 0.25) is 0 Å². The van der Waals surface area contributed by atoms with Gasteiger partial charge in [0.25, 0.3) is 5.91 Å². The Morgan fingerprint density at radius 1 is 0.923 bits per heavy atom. The lowest BCUT2D eigenvalue weighted by Gasteiger charge is -2.37. The highest BCUT2D eigenvalue weighted by atomic mass is 32.2. The summed E-state index contributed by atoms with van der Waals surface area (Å²) in [5.41, 5.74) is 1.60. The molecular weight excluding hydrogens is 514 g/mol. The Morgan fingerprint density at radius 3 is 1.85 bits per heavy atom. The molecule has 1 aliphatic rings. The molecule has 8 nitrogen and oxygen atoms in total. The molecule has 0 aliphatic carbocycles. The second-order valence-electron chi connectivity index (χ2n) is 9.28. The van der Waals surface area contributed by atoms with Crippen LogP contribution in [0, 0.1) is 0 Å². The SMILES string of the molecule is CSCCC(C(=O)O)N1C(=O)NC(CCC(=O)NC(c2ccccc2)(c2ccccc2)c2ccccc2)C1=O. The highest BCUT2D eigenvalue weighted by Crippen LogP contribution is 2.37. The number of benzene rings is 3. The molecule has 9 heteroatoms. The maximum atomic E-state index is 13.5. The molecule has 0 radical (unpaired) electrons. The molecule has 1 heterocycles. The van der Waals surface area contributed by atoms with Crippen molar-refractivity contribution in [3.05, 3.63) is 108 Å². The fourth-order valence-corrected chi connectivity index (χ4v) is 5.42. The van der Waals surface area contributed by atoms with E-state index < -0.39 is 35.5 Å². The third-order valence-electron chi connectivity index (χ3n) is 6.85. The third-order valence-corrected chi connectivity index (χ3v) is 7.50. The first kappa shape index (κ1) is 27.9. The zero-order valence-electron chi connectivity index (χ0n) is 21.6. The number of nitrogens with one attached hydrogen (secondary N) is 2. The standard InChI is InChI=1S/C30H31N3O5S/c1-39-20-19-25(28(36)37)33-27(35)24(31-29(33)38)17-18-26(34)32-30(21-11-5-2-6-12-21,22-13-7-3-8-14-22)23-15-9-4-10-16-23/h2-16,24-25H,17-20H2,1H3,(H,31,38)(H,32,34)(H,36,37). The average Bonchev–Trinajstić information content (AvgIpc) is 3.24. The molecule has 39 heavy (non-hydrogen) atoms. The average molecular weight is 546 g/mol. The molecule has 4 rings (SSSR count). The fourth-order valence-electron chi connectivity index (χ4n) is 4.96. The third kappa shape index (κ3) is 5.98. The van der Waals surface area contributed by atoms with E-state index in [0.717, 1.165) is 21.6 Å². The summed E-state index contributed by atoms with van der Waals surface area (Å²) >= 11 is 1.44. The van der Waals surface area contributed by atoms with Crippen LogP contribution in [0.1, 0.15) is 36.0 Å². The van der Waals surface area contributed by atoms with Crippen LogP contribution in [0.15, 0.2) is 91.0 Å². The Kier molecular flexibility index (Phi) is 9.03. The number of urea groups is 1. The monoisotopic (exact) mass is 545 g/mol. The van der Waals surface area contributed by atoms with Crippen LogP contribution in [0.3, 0.4) is 0 Å². The van der Waals surface area contributed by atoms with E-state index in [9.17, 15) is 24.3 Å². The summed E-state index contributed by atoms with van der Waals surface area (Å²) in [6.45, 7) is 0. The maximum Gasteiger partial charge on any atom is 0.327 e. The molecule has 1 saturated heterocycles. The van der Waals surface area contributed by atoms with E-state index in [2.05, 4.69) is 10.6 Å². The second-order valence-corrected chi connectivity index (χ2v) is 10.3. The summed E-state index contributed by atoms with van der Waals surface area (Å²) in [5, 5.41) is 15.4. The van der Waals surface area contributed by atoms with E-state index in [4.69, 9.17) is 0 Å². The van der Waals surface area contributed by atoms with Gasteiger partial charge in [-0.05, 0) is 41.5 Å². The Morgan fingerprint density at radius 2 is 1.41 bits per heavy atom. The van der Waals surface area contributed by atoms with E-state index >= 15 is 0 Å². The fraction of sp³-hybridized carbons (Fsp3) is 0.267. The predicted octanol–water partition coefficient (Wildman–Crippen LogP) is 4.00. The number of aliphatic carboxylic acids is 1. The summed E-state index contributed by atoms with van der Waals surface area (Å²) in [7, 11) is 0. The molecule has 0 spiro atoms. The van der Waals surface area contributed by atoms with Gasteiger partial charge in [-0.25, -0.2) is 14.5 Å². The molecule has 3 aromatic carbocycles. The Bertz CT molecular complexity index is 1210. The zero-order valence-corrected chi connectivity index (χ0v) is 22.4. The normalized spacial score (nSPS) is 16.0. The number of carboxylic acids is 1. The largest absolute Gasteiger partial charge is 0.480 e. The number of imide groups is 1. The molecule has 1 fully saturated rings. The Hall–Kier alpha value is -4.11. The van der Waals surface area contributed by atoms with Crippen molar-refractivity contribution in [2.24, 2.45) is 0 Å². The molecule has 2 atom stereocenters. The number of carbonyl (C=O) groups excluding carboxylic acids is 3. The molecule has 2 unspecified atom stereocenters. The quantitative estimate of drug-likeness (QED) is 0.234. The van der Waals surface area contributed by atoms with E-state index in [-0.39, 0.29) is 25.2 Å². The number of hydrogen-bond donors (Lipinski definition) is 3. The number of hydrogen-bond acceptors (Lipinski definition) is 5. The van der Waals surface area contributed by atoms with Crippen molar-refractivity contribution in [2.45, 2.75) is 36.9 Å². The molecule has 202 valence electrons. The van der Waals surface area contributed by atoms with E-state index in [1.54, 1.807) is 0 Å². The minimum Gasteiger partial charge on any atom is -0.480 e. The van der Waals surface area contributed by atoms with Gasteiger partial charge in [0.2, 0.25) is 5.91 Å². The molecule has 3 aromatic rings. The molecule has 0 bridgehead atoms.